The van der Waals surface area contributed by atoms with Gasteiger partial charge in [0.1, 0.15) is 0 Å². The van der Waals surface area contributed by atoms with Gasteiger partial charge in [0.15, 0.2) is 0 Å². The van der Waals surface area contributed by atoms with Gasteiger partial charge in [-0.1, -0.05) is 0 Å². The zero-order valence-electron chi connectivity index (χ0n) is 3.71. The number of rotatable bonds is 0. The first-order valence-electron chi connectivity index (χ1n) is 1.11. The number of hydrogen-bond donors (Lipinski definition) is 1. The molecule has 0 bridgehead atoms. The molecule has 0 radical (unpaired) electrons. The van der Waals surface area contributed by atoms with E-state index in [1.54, 1.807) is 0 Å². The van der Waals surface area contributed by atoms with Crippen molar-refractivity contribution in [3.05, 3.63) is 0 Å². The van der Waals surface area contributed by atoms with Crippen LogP contribution in [0.25, 0.3) is 0 Å². The Hall–Kier alpha value is -0.150. The minimum atomic E-state index is -0.745. The number of hydrogen-bond acceptors (Lipinski definition) is 2. The van der Waals surface area contributed by atoms with E-state index in [-0.39, 0.29) is 24.8 Å². The second-order valence-corrected chi connectivity index (χ2v) is 0.523. The summed E-state index contributed by atoms with van der Waals surface area (Å²) < 4.78 is 3.89. The summed E-state index contributed by atoms with van der Waals surface area (Å²) in [4.78, 5) is 9.37. The van der Waals surface area contributed by atoms with Gasteiger partial charge in [-0.05, 0) is 0 Å². The van der Waals surface area contributed by atoms with Gasteiger partial charge in [0.2, 0.25) is 0 Å². The Kier molecular flexibility index (Phi) is 21.0. The lowest BCUT2D eigenvalue weighted by molar-refractivity contribution is 0.182. The maximum Gasteiger partial charge on any atom is 0.404 e. The molecule has 0 aliphatic carbocycles. The molecule has 2 N–H and O–H groups in total. The topological polar surface area (TPSA) is 52.3 Å². The van der Waals surface area contributed by atoms with Gasteiger partial charge in [0.05, 0.1) is 7.11 Å². The largest absolute Gasteiger partial charge is 0.453 e. The summed E-state index contributed by atoms with van der Waals surface area (Å²) in [5.74, 6) is 0. The van der Waals surface area contributed by atoms with E-state index < -0.39 is 6.09 Å². The van der Waals surface area contributed by atoms with E-state index in [2.05, 4.69) is 10.5 Å². The highest BCUT2D eigenvalue weighted by Crippen LogP contribution is 1.55. The fourth-order valence-corrected chi connectivity index (χ4v) is 0. The number of halogens is 2. The van der Waals surface area contributed by atoms with E-state index in [1.165, 1.54) is 7.11 Å². The van der Waals surface area contributed by atoms with E-state index in [4.69, 9.17) is 0 Å². The van der Waals surface area contributed by atoms with E-state index >= 15 is 0 Å². The molecule has 46 valence electrons. The van der Waals surface area contributed by atoms with E-state index in [9.17, 15) is 4.79 Å². The molecule has 0 aromatic rings. The molecule has 0 unspecified atom stereocenters. The summed E-state index contributed by atoms with van der Waals surface area (Å²) >= 11 is 0. The van der Waals surface area contributed by atoms with Gasteiger partial charge < -0.3 is 10.5 Å². The predicted molar refractivity (Wildman–Crippen MR) is 31.1 cm³/mol. The monoisotopic (exact) mass is 147 g/mol. The van der Waals surface area contributed by atoms with Crippen LogP contribution < -0.4 is 5.73 Å². The Morgan fingerprint density at radius 1 is 1.57 bits per heavy atom. The van der Waals surface area contributed by atoms with Gasteiger partial charge in [0, 0.05) is 0 Å². The molecule has 0 rings (SSSR count). The van der Waals surface area contributed by atoms with Crippen molar-refractivity contribution in [2.75, 3.05) is 7.11 Å². The van der Waals surface area contributed by atoms with Gasteiger partial charge in [-0.25, -0.2) is 4.79 Å². The molecule has 0 heterocycles. The van der Waals surface area contributed by atoms with Crippen molar-refractivity contribution in [2.45, 2.75) is 0 Å². The highest BCUT2D eigenvalue weighted by Gasteiger charge is 1.76. The van der Waals surface area contributed by atoms with Gasteiger partial charge in [-0.2, -0.15) is 0 Å². The number of methoxy groups -OCH3 is 1. The zero-order valence-corrected chi connectivity index (χ0v) is 5.34. The minimum Gasteiger partial charge on any atom is -0.453 e. The molecule has 7 heavy (non-hydrogen) atoms. The molecule has 0 spiro atoms. The molecule has 0 aromatic carbocycles. The fraction of sp³-hybridized carbons (Fsp3) is 0.500. The molecule has 5 heteroatoms. The maximum absolute atomic E-state index is 9.37. The Bertz CT molecular complexity index is 49.0. The Morgan fingerprint density at radius 3 is 1.71 bits per heavy atom. The number of primary amides is 1. The molecule has 0 aromatic heterocycles. The van der Waals surface area contributed by atoms with E-state index in [1.807, 2.05) is 0 Å². The summed E-state index contributed by atoms with van der Waals surface area (Å²) in [7, 11) is 1.22. The third-order valence-corrected chi connectivity index (χ3v) is 0.201. The van der Waals surface area contributed by atoms with Crippen molar-refractivity contribution in [3.63, 3.8) is 0 Å². The quantitative estimate of drug-likeness (QED) is 0.545. The van der Waals surface area contributed by atoms with E-state index in [0.717, 1.165) is 0 Å². The molecule has 3 nitrogen and oxygen atoms in total. The van der Waals surface area contributed by atoms with Gasteiger partial charge in [0.25, 0.3) is 0 Å². The Morgan fingerprint density at radius 2 is 1.71 bits per heavy atom. The lowest BCUT2D eigenvalue weighted by Crippen LogP contribution is -2.08. The number of nitrogens with two attached hydrogens (primary N) is 1. The van der Waals surface area contributed by atoms with Crippen LogP contribution in [0.2, 0.25) is 0 Å². The smallest absolute Gasteiger partial charge is 0.404 e. The first kappa shape index (κ1) is 15.8. The molecule has 0 saturated heterocycles. The highest BCUT2D eigenvalue weighted by molar-refractivity contribution is 5.85. The molecule has 0 aliphatic rings. The second kappa shape index (κ2) is 9.28. The van der Waals surface area contributed by atoms with Crippen molar-refractivity contribution in [2.24, 2.45) is 5.73 Å². The first-order chi connectivity index (χ1) is 2.27. The fourth-order valence-electron chi connectivity index (χ4n) is 0. The zero-order chi connectivity index (χ0) is 4.28. The minimum absolute atomic E-state index is 0. The lowest BCUT2D eigenvalue weighted by atomic mass is 11.3. The van der Waals surface area contributed by atoms with Gasteiger partial charge >= 0.3 is 6.09 Å². The molecular formula is C2H7Cl2NO2. The van der Waals surface area contributed by atoms with Crippen LogP contribution in [0, 0.1) is 0 Å². The highest BCUT2D eigenvalue weighted by atomic mass is 35.5. The predicted octanol–water partition coefficient (Wildman–Crippen LogP) is 0.555. The number of ether oxygens (including phenoxy) is 1. The molecule has 0 aliphatic heterocycles. The number of carbonyl (C=O) groups is 1. The van der Waals surface area contributed by atoms with Crippen molar-refractivity contribution in [3.8, 4) is 0 Å². The third-order valence-electron chi connectivity index (χ3n) is 0.201. The van der Waals surface area contributed by atoms with Crippen molar-refractivity contribution in [1.29, 1.82) is 0 Å². The summed E-state index contributed by atoms with van der Waals surface area (Å²) in [6, 6.07) is 0. The molecule has 0 atom stereocenters. The standard InChI is InChI=1S/C2H5NO2.2ClH/c1-5-2(3)4;;/h1H3,(H2,3,4);2*1H. The van der Waals surface area contributed by atoms with Crippen molar-refractivity contribution in [1.82, 2.24) is 0 Å². The summed E-state index contributed by atoms with van der Waals surface area (Å²) in [5, 5.41) is 0. The average molecular weight is 148 g/mol. The van der Waals surface area contributed by atoms with Crippen LogP contribution in [0.4, 0.5) is 4.79 Å². The van der Waals surface area contributed by atoms with Crippen molar-refractivity contribution >= 4 is 30.9 Å². The first-order valence-corrected chi connectivity index (χ1v) is 1.11. The summed E-state index contributed by atoms with van der Waals surface area (Å²) in [6.07, 6.45) is -0.745. The molecule has 1 amide bonds. The van der Waals surface area contributed by atoms with E-state index in [0.29, 0.717) is 0 Å². The van der Waals surface area contributed by atoms with Crippen LogP contribution in [-0.4, -0.2) is 13.2 Å². The Labute approximate surface area is 54.0 Å². The molecular weight excluding hydrogens is 141 g/mol. The van der Waals surface area contributed by atoms with Gasteiger partial charge in [-0.15, -0.1) is 24.8 Å². The normalized spacial score (nSPS) is 4.71. The average Bonchev–Trinajstić information content (AvgIpc) is 1.38. The Balaban J connectivity index is -0.0000000800. The summed E-state index contributed by atoms with van der Waals surface area (Å²) in [5.41, 5.74) is 4.43. The lowest BCUT2D eigenvalue weighted by Gasteiger charge is -1.81. The van der Waals surface area contributed by atoms with Crippen LogP contribution >= 0.6 is 24.8 Å². The third kappa shape index (κ3) is 25.3. The number of carbonyl (C=O) groups excluding carboxylic acids is 1. The maximum atomic E-state index is 9.37. The van der Waals surface area contributed by atoms with Crippen LogP contribution in [-0.2, 0) is 4.74 Å². The molecule has 0 fully saturated rings. The summed E-state index contributed by atoms with van der Waals surface area (Å²) in [6.45, 7) is 0. The van der Waals surface area contributed by atoms with Gasteiger partial charge in [-0.3, -0.25) is 0 Å². The van der Waals surface area contributed by atoms with Crippen LogP contribution in [0.5, 0.6) is 0 Å². The molecule has 0 saturated carbocycles. The number of amides is 1. The van der Waals surface area contributed by atoms with Crippen LogP contribution in [0.15, 0.2) is 0 Å². The van der Waals surface area contributed by atoms with Crippen LogP contribution in [0.1, 0.15) is 0 Å². The van der Waals surface area contributed by atoms with Crippen LogP contribution in [0.3, 0.4) is 0 Å². The van der Waals surface area contributed by atoms with Crippen molar-refractivity contribution < 1.29 is 9.53 Å². The SMILES string of the molecule is COC(N)=O.Cl.Cl. The second-order valence-electron chi connectivity index (χ2n) is 0.523.